The quantitative estimate of drug-likeness (QED) is 0.286. The van der Waals surface area contributed by atoms with Gasteiger partial charge in [-0.1, -0.05) is 24.3 Å². The van der Waals surface area contributed by atoms with Crippen molar-refractivity contribution >= 4 is 16.9 Å². The maximum absolute atomic E-state index is 13.3. The van der Waals surface area contributed by atoms with E-state index in [0.717, 1.165) is 16.6 Å². The highest BCUT2D eigenvalue weighted by Gasteiger charge is 2.37. The number of carbonyl (C=O) groups is 1. The third-order valence-electron chi connectivity index (χ3n) is 7.60. The molecule has 0 saturated carbocycles. The Morgan fingerprint density at radius 1 is 0.930 bits per heavy atom. The molecular weight excluding hydrogens is 555 g/mol. The SMILES string of the molecule is COCC(=O)N1CCN(Cc2ccc(OCCn3c(=O)n(C)c4ccccc43)cc2)C[C@@](O)(COc2ccc(F)cc2)C1. The van der Waals surface area contributed by atoms with Gasteiger partial charge in [0, 0.05) is 40.3 Å². The number of fused-ring (bicyclic) bond motifs is 1. The summed E-state index contributed by atoms with van der Waals surface area (Å²) in [5, 5.41) is 11.6. The Labute approximate surface area is 249 Å². The summed E-state index contributed by atoms with van der Waals surface area (Å²) in [6.07, 6.45) is 0. The molecule has 1 N–H and O–H groups in total. The number of halogens is 1. The van der Waals surface area contributed by atoms with E-state index in [0.29, 0.717) is 44.3 Å². The maximum Gasteiger partial charge on any atom is 0.328 e. The maximum atomic E-state index is 13.3. The summed E-state index contributed by atoms with van der Waals surface area (Å²) in [7, 11) is 3.22. The largest absolute Gasteiger partial charge is 0.492 e. The number of rotatable bonds is 11. The fourth-order valence-electron chi connectivity index (χ4n) is 5.43. The molecule has 5 rings (SSSR count). The summed E-state index contributed by atoms with van der Waals surface area (Å²) < 4.78 is 33.5. The van der Waals surface area contributed by atoms with Crippen molar-refractivity contribution in [2.75, 3.05) is 53.1 Å². The van der Waals surface area contributed by atoms with Crippen LogP contribution in [0.2, 0.25) is 0 Å². The summed E-state index contributed by atoms with van der Waals surface area (Å²) >= 11 is 0. The third-order valence-corrected chi connectivity index (χ3v) is 7.60. The zero-order valence-corrected chi connectivity index (χ0v) is 24.4. The highest BCUT2D eigenvalue weighted by molar-refractivity contribution is 5.77. The van der Waals surface area contributed by atoms with Crippen LogP contribution < -0.4 is 15.2 Å². The summed E-state index contributed by atoms with van der Waals surface area (Å²) in [5.74, 6) is 0.534. The van der Waals surface area contributed by atoms with Crippen LogP contribution in [0, 0.1) is 5.82 Å². The minimum Gasteiger partial charge on any atom is -0.492 e. The fourth-order valence-corrected chi connectivity index (χ4v) is 5.43. The molecule has 1 atom stereocenters. The lowest BCUT2D eigenvalue weighted by molar-refractivity contribution is -0.138. The fraction of sp³-hybridized carbons (Fsp3) is 0.375. The minimum absolute atomic E-state index is 0.0710. The normalized spacial score (nSPS) is 17.6. The molecule has 0 bridgehead atoms. The Hall–Kier alpha value is -4.19. The van der Waals surface area contributed by atoms with E-state index in [4.69, 9.17) is 14.2 Å². The van der Waals surface area contributed by atoms with Crippen LogP contribution in [0.25, 0.3) is 11.0 Å². The molecule has 228 valence electrons. The van der Waals surface area contributed by atoms with Crippen molar-refractivity contribution in [1.29, 1.82) is 0 Å². The molecule has 0 radical (unpaired) electrons. The van der Waals surface area contributed by atoms with Gasteiger partial charge in [-0.25, -0.2) is 9.18 Å². The number of carbonyl (C=O) groups excluding carboxylic acids is 1. The number of ether oxygens (including phenoxy) is 3. The zero-order valence-electron chi connectivity index (χ0n) is 24.4. The van der Waals surface area contributed by atoms with Gasteiger partial charge in [-0.05, 0) is 54.1 Å². The third kappa shape index (κ3) is 7.42. The highest BCUT2D eigenvalue weighted by Crippen LogP contribution is 2.21. The first-order valence-corrected chi connectivity index (χ1v) is 14.2. The van der Waals surface area contributed by atoms with E-state index in [1.807, 2.05) is 48.5 Å². The van der Waals surface area contributed by atoms with Crippen molar-refractivity contribution in [1.82, 2.24) is 18.9 Å². The standard InChI is InChI=1S/C32H37FN4O6/c1-34-28-5-3-4-6-29(28)37(31(34)39)17-18-42-26-11-7-24(8-12-26)19-35-15-16-36(30(38)20-41-2)22-32(40,21-35)23-43-27-13-9-25(33)10-14-27/h3-14,40H,15-23H2,1-2H3/t32-/m0/s1. The number of imidazole rings is 1. The monoisotopic (exact) mass is 592 g/mol. The molecule has 1 amide bonds. The van der Waals surface area contributed by atoms with Gasteiger partial charge < -0.3 is 24.2 Å². The average Bonchev–Trinajstić information content (AvgIpc) is 3.13. The number of amides is 1. The zero-order chi connectivity index (χ0) is 30.4. The number of para-hydroxylation sites is 2. The van der Waals surface area contributed by atoms with Gasteiger partial charge in [-0.2, -0.15) is 0 Å². The second-order valence-electron chi connectivity index (χ2n) is 10.9. The van der Waals surface area contributed by atoms with E-state index in [-0.39, 0.29) is 43.7 Å². The second kappa shape index (κ2) is 13.4. The number of hydrogen-bond acceptors (Lipinski definition) is 7. The minimum atomic E-state index is -1.36. The number of β-amino-alcohol motifs (C(OH)–C–C–N with tert-alkyl or cyclic N) is 1. The van der Waals surface area contributed by atoms with Gasteiger partial charge in [0.1, 0.15) is 42.7 Å². The number of hydrogen-bond donors (Lipinski definition) is 1. The number of aryl methyl sites for hydroxylation is 1. The summed E-state index contributed by atoms with van der Waals surface area (Å²) in [6, 6.07) is 21.0. The molecule has 1 aliphatic heterocycles. The number of methoxy groups -OCH3 is 1. The molecule has 1 aromatic heterocycles. The number of aromatic nitrogens is 2. The molecule has 1 fully saturated rings. The first-order chi connectivity index (χ1) is 20.7. The summed E-state index contributed by atoms with van der Waals surface area (Å²) in [5.41, 5.74) is 1.32. The van der Waals surface area contributed by atoms with Crippen LogP contribution in [0.1, 0.15) is 5.56 Å². The molecule has 1 aliphatic rings. The Kier molecular flexibility index (Phi) is 9.44. The summed E-state index contributed by atoms with van der Waals surface area (Å²) in [4.78, 5) is 29.0. The number of benzene rings is 3. The van der Waals surface area contributed by atoms with Crippen LogP contribution >= 0.6 is 0 Å². The highest BCUT2D eigenvalue weighted by atomic mass is 19.1. The van der Waals surface area contributed by atoms with E-state index >= 15 is 0 Å². The number of nitrogens with zero attached hydrogens (tertiary/aromatic N) is 4. The predicted molar refractivity (Wildman–Crippen MR) is 160 cm³/mol. The Bertz CT molecular complexity index is 1590. The average molecular weight is 593 g/mol. The predicted octanol–water partition coefficient (Wildman–Crippen LogP) is 2.66. The van der Waals surface area contributed by atoms with Crippen molar-refractivity contribution in [3.63, 3.8) is 0 Å². The van der Waals surface area contributed by atoms with Crippen LogP contribution in [-0.2, 0) is 29.7 Å². The molecule has 1 saturated heterocycles. The molecule has 4 aromatic rings. The van der Waals surface area contributed by atoms with Gasteiger partial charge in [0.05, 0.1) is 24.1 Å². The molecule has 43 heavy (non-hydrogen) atoms. The molecular formula is C32H37FN4O6. The molecule has 0 aliphatic carbocycles. The van der Waals surface area contributed by atoms with Gasteiger partial charge in [-0.3, -0.25) is 18.8 Å². The van der Waals surface area contributed by atoms with E-state index < -0.39 is 5.60 Å². The van der Waals surface area contributed by atoms with Crippen molar-refractivity contribution in [2.24, 2.45) is 7.05 Å². The van der Waals surface area contributed by atoms with Gasteiger partial charge in [0.15, 0.2) is 0 Å². The second-order valence-corrected chi connectivity index (χ2v) is 10.9. The van der Waals surface area contributed by atoms with Crippen molar-refractivity contribution in [3.05, 3.63) is 94.7 Å². The molecule has 0 spiro atoms. The van der Waals surface area contributed by atoms with Gasteiger partial charge in [-0.15, -0.1) is 0 Å². The molecule has 11 heteroatoms. The van der Waals surface area contributed by atoms with Crippen molar-refractivity contribution < 1.29 is 28.5 Å². The lowest BCUT2D eigenvalue weighted by Crippen LogP contribution is -2.52. The Morgan fingerprint density at radius 3 is 2.33 bits per heavy atom. The van der Waals surface area contributed by atoms with E-state index in [2.05, 4.69) is 4.90 Å². The molecule has 10 nitrogen and oxygen atoms in total. The molecule has 3 aromatic carbocycles. The lowest BCUT2D eigenvalue weighted by atomic mass is 10.0. The van der Waals surface area contributed by atoms with E-state index in [1.165, 1.54) is 31.4 Å². The van der Waals surface area contributed by atoms with Gasteiger partial charge in [0.2, 0.25) is 5.91 Å². The number of aliphatic hydroxyl groups is 1. The molecule has 0 unspecified atom stereocenters. The lowest BCUT2D eigenvalue weighted by Gasteiger charge is -2.33. The van der Waals surface area contributed by atoms with Crippen molar-refractivity contribution in [3.8, 4) is 11.5 Å². The summed E-state index contributed by atoms with van der Waals surface area (Å²) in [6.45, 7) is 2.48. The topological polar surface area (TPSA) is 98.4 Å². The van der Waals surface area contributed by atoms with Crippen LogP contribution in [0.4, 0.5) is 4.39 Å². The Morgan fingerprint density at radius 2 is 1.60 bits per heavy atom. The van der Waals surface area contributed by atoms with Crippen LogP contribution in [0.3, 0.4) is 0 Å². The molecule has 2 heterocycles. The van der Waals surface area contributed by atoms with E-state index in [9.17, 15) is 19.1 Å². The Balaban J connectivity index is 1.21. The van der Waals surface area contributed by atoms with Gasteiger partial charge >= 0.3 is 5.69 Å². The van der Waals surface area contributed by atoms with E-state index in [1.54, 1.807) is 21.1 Å². The first kappa shape index (κ1) is 30.3. The van der Waals surface area contributed by atoms with Crippen molar-refractivity contribution in [2.45, 2.75) is 18.7 Å². The van der Waals surface area contributed by atoms with Gasteiger partial charge in [0.25, 0.3) is 0 Å². The smallest absolute Gasteiger partial charge is 0.328 e. The van der Waals surface area contributed by atoms with Crippen LogP contribution in [0.5, 0.6) is 11.5 Å². The first-order valence-electron chi connectivity index (χ1n) is 14.2. The van der Waals surface area contributed by atoms with Crippen LogP contribution in [0.15, 0.2) is 77.6 Å². The van der Waals surface area contributed by atoms with Crippen LogP contribution in [-0.4, -0.2) is 88.7 Å².